The van der Waals surface area contributed by atoms with Crippen molar-refractivity contribution in [1.82, 2.24) is 19.6 Å². The first-order chi connectivity index (χ1) is 20.0. The van der Waals surface area contributed by atoms with E-state index in [2.05, 4.69) is 4.90 Å². The van der Waals surface area contributed by atoms with E-state index in [0.717, 1.165) is 49.8 Å². The summed E-state index contributed by atoms with van der Waals surface area (Å²) in [6.07, 6.45) is 0.532. The van der Waals surface area contributed by atoms with Gasteiger partial charge in [-0.3, -0.25) is 9.69 Å². The monoisotopic (exact) mass is 594 g/mol. The number of carbonyl (C=O) groups is 3. The second-order valence-electron chi connectivity index (χ2n) is 12.3. The minimum absolute atomic E-state index is 0.0169. The molecule has 1 aliphatic carbocycles. The Labute approximate surface area is 244 Å². The molecule has 4 aliphatic rings. The predicted octanol–water partition coefficient (Wildman–Crippen LogP) is 4.60. The summed E-state index contributed by atoms with van der Waals surface area (Å²) in [6, 6.07) is 5.30. The summed E-state index contributed by atoms with van der Waals surface area (Å²) >= 11 is 0. The molecule has 3 aliphatic heterocycles. The van der Waals surface area contributed by atoms with Gasteiger partial charge in [0.1, 0.15) is 5.60 Å². The van der Waals surface area contributed by atoms with Gasteiger partial charge in [-0.2, -0.15) is 13.2 Å². The maximum atomic E-state index is 13.2. The Bertz CT molecular complexity index is 1110. The van der Waals surface area contributed by atoms with Gasteiger partial charge in [-0.1, -0.05) is 12.1 Å². The number of amides is 3. The molecule has 0 bridgehead atoms. The van der Waals surface area contributed by atoms with Gasteiger partial charge in [0.2, 0.25) is 5.91 Å². The molecule has 1 aromatic carbocycles. The molecule has 232 valence electrons. The zero-order chi connectivity index (χ0) is 29.9. The van der Waals surface area contributed by atoms with E-state index in [4.69, 9.17) is 9.47 Å². The molecule has 3 amide bonds. The molecule has 4 fully saturated rings. The van der Waals surface area contributed by atoms with E-state index in [-0.39, 0.29) is 24.0 Å². The topological polar surface area (TPSA) is 82.6 Å². The number of likely N-dealkylation sites (tertiary alicyclic amines) is 1. The number of halogens is 3. The van der Waals surface area contributed by atoms with Crippen LogP contribution < -0.4 is 0 Å². The quantitative estimate of drug-likeness (QED) is 0.496. The van der Waals surface area contributed by atoms with Gasteiger partial charge in [0.15, 0.2) is 0 Å². The second-order valence-corrected chi connectivity index (χ2v) is 12.3. The molecule has 42 heavy (non-hydrogen) atoms. The Hall–Kier alpha value is -3.02. The third kappa shape index (κ3) is 7.12. The van der Waals surface area contributed by atoms with E-state index in [0.29, 0.717) is 77.7 Å². The summed E-state index contributed by atoms with van der Waals surface area (Å²) in [6.45, 7) is 5.43. The minimum atomic E-state index is -4.34. The van der Waals surface area contributed by atoms with E-state index in [9.17, 15) is 27.6 Å². The second kappa shape index (κ2) is 12.7. The average molecular weight is 595 g/mol. The SMILES string of the molecule is COC(=O)N1CCCN(C(=O)[C@H]2CC[C@H](CN3CC4(CCN(Cc5ccc(C(F)(F)F)cc5)CC4)OC3=O)CC2)CC1. The number of carbonyl (C=O) groups excluding carboxylic acids is 3. The third-order valence-electron chi connectivity index (χ3n) is 9.41. The molecule has 12 heteroatoms. The minimum Gasteiger partial charge on any atom is -0.453 e. The zero-order valence-corrected chi connectivity index (χ0v) is 24.2. The van der Waals surface area contributed by atoms with Crippen LogP contribution in [0.5, 0.6) is 0 Å². The number of methoxy groups -OCH3 is 1. The van der Waals surface area contributed by atoms with E-state index in [1.807, 2.05) is 9.80 Å². The fraction of sp³-hybridized carbons (Fsp3) is 0.700. The van der Waals surface area contributed by atoms with Crippen molar-refractivity contribution in [2.24, 2.45) is 11.8 Å². The number of alkyl halides is 3. The van der Waals surface area contributed by atoms with Crippen molar-refractivity contribution < 1.29 is 37.0 Å². The van der Waals surface area contributed by atoms with Gasteiger partial charge in [0.05, 0.1) is 19.2 Å². The number of hydrogen-bond donors (Lipinski definition) is 0. The first-order valence-corrected chi connectivity index (χ1v) is 15.0. The lowest BCUT2D eigenvalue weighted by atomic mass is 9.81. The standard InChI is InChI=1S/C30H41F3N4O5/c1-41-27(39)36-14-2-13-35(17-18-36)26(38)24-7-3-23(4-8-24)20-37-21-29(42-28(37)40)11-15-34(16-12-29)19-22-5-9-25(10-6-22)30(31,32)33/h5-6,9-10,23-24H,2-4,7-8,11-21H2,1H3/t23-,24-. The first kappa shape index (κ1) is 30.4. The average Bonchev–Trinajstić information content (AvgIpc) is 3.12. The van der Waals surface area contributed by atoms with Crippen LogP contribution in [0.3, 0.4) is 0 Å². The highest BCUT2D eigenvalue weighted by molar-refractivity contribution is 5.79. The molecule has 9 nitrogen and oxygen atoms in total. The fourth-order valence-electron chi connectivity index (χ4n) is 6.88. The van der Waals surface area contributed by atoms with Crippen molar-refractivity contribution in [3.05, 3.63) is 35.4 Å². The number of piperidine rings is 1. The molecule has 0 aromatic heterocycles. The van der Waals surface area contributed by atoms with Gasteiger partial charge in [0, 0.05) is 71.1 Å². The molecule has 0 N–H and O–H groups in total. The van der Waals surface area contributed by atoms with Crippen LogP contribution in [0.4, 0.5) is 22.8 Å². The highest BCUT2D eigenvalue weighted by Gasteiger charge is 2.47. The van der Waals surface area contributed by atoms with Crippen LogP contribution in [0, 0.1) is 11.8 Å². The zero-order valence-electron chi connectivity index (χ0n) is 24.2. The summed E-state index contributed by atoms with van der Waals surface area (Å²) in [7, 11) is 1.37. The third-order valence-corrected chi connectivity index (χ3v) is 9.41. The van der Waals surface area contributed by atoms with Gasteiger partial charge < -0.3 is 24.2 Å². The van der Waals surface area contributed by atoms with Crippen LogP contribution in [0.15, 0.2) is 24.3 Å². The molecule has 0 radical (unpaired) electrons. The molecule has 1 spiro atoms. The molecular weight excluding hydrogens is 553 g/mol. The Morgan fingerprint density at radius 1 is 0.952 bits per heavy atom. The number of ether oxygens (including phenoxy) is 2. The van der Waals surface area contributed by atoms with Gasteiger partial charge in [-0.25, -0.2) is 9.59 Å². The molecular formula is C30H41F3N4O5. The first-order valence-electron chi connectivity index (χ1n) is 15.0. The number of hydrogen-bond acceptors (Lipinski definition) is 6. The Morgan fingerprint density at radius 3 is 2.24 bits per heavy atom. The van der Waals surface area contributed by atoms with E-state index < -0.39 is 17.3 Å². The van der Waals surface area contributed by atoms with Crippen LogP contribution in [-0.4, -0.2) is 103 Å². The lowest BCUT2D eigenvalue weighted by Crippen LogP contribution is -2.47. The van der Waals surface area contributed by atoms with Crippen LogP contribution >= 0.6 is 0 Å². The lowest BCUT2D eigenvalue weighted by Gasteiger charge is -2.37. The number of benzene rings is 1. The van der Waals surface area contributed by atoms with Gasteiger partial charge in [0.25, 0.3) is 0 Å². The molecule has 0 atom stereocenters. The molecule has 0 unspecified atom stereocenters. The van der Waals surface area contributed by atoms with Crippen LogP contribution in [0.25, 0.3) is 0 Å². The predicted molar refractivity (Wildman–Crippen MR) is 147 cm³/mol. The number of nitrogens with zero attached hydrogens (tertiary/aromatic N) is 4. The Kier molecular flexibility index (Phi) is 9.20. The normalized spacial score (nSPS) is 25.3. The van der Waals surface area contributed by atoms with Crippen molar-refractivity contribution in [2.75, 3.05) is 59.5 Å². The smallest absolute Gasteiger partial charge is 0.416 e. The van der Waals surface area contributed by atoms with Crippen LogP contribution in [0.2, 0.25) is 0 Å². The summed E-state index contributed by atoms with van der Waals surface area (Å²) < 4.78 is 49.3. The highest BCUT2D eigenvalue weighted by Crippen LogP contribution is 2.37. The summed E-state index contributed by atoms with van der Waals surface area (Å²) in [5.41, 5.74) is -0.323. The number of rotatable bonds is 5. The molecule has 3 heterocycles. The van der Waals surface area contributed by atoms with Crippen molar-refractivity contribution >= 4 is 18.1 Å². The van der Waals surface area contributed by atoms with E-state index in [1.165, 1.54) is 19.2 Å². The van der Waals surface area contributed by atoms with Gasteiger partial charge >= 0.3 is 18.4 Å². The van der Waals surface area contributed by atoms with Crippen molar-refractivity contribution in [3.8, 4) is 0 Å². The maximum Gasteiger partial charge on any atom is 0.416 e. The molecule has 5 rings (SSSR count). The van der Waals surface area contributed by atoms with E-state index >= 15 is 0 Å². The molecule has 1 aromatic rings. The van der Waals surface area contributed by atoms with E-state index in [1.54, 1.807) is 4.90 Å². The Morgan fingerprint density at radius 2 is 1.60 bits per heavy atom. The Balaban J connectivity index is 1.04. The molecule has 3 saturated heterocycles. The van der Waals surface area contributed by atoms with Crippen LogP contribution in [0.1, 0.15) is 56.1 Å². The summed E-state index contributed by atoms with van der Waals surface area (Å²) in [4.78, 5) is 45.4. The maximum absolute atomic E-state index is 13.2. The van der Waals surface area contributed by atoms with Gasteiger partial charge in [-0.15, -0.1) is 0 Å². The summed E-state index contributed by atoms with van der Waals surface area (Å²) in [5.74, 6) is 0.481. The highest BCUT2D eigenvalue weighted by atomic mass is 19.4. The fourth-order valence-corrected chi connectivity index (χ4v) is 6.88. The van der Waals surface area contributed by atoms with Crippen molar-refractivity contribution in [1.29, 1.82) is 0 Å². The van der Waals surface area contributed by atoms with Crippen LogP contribution in [-0.2, 0) is 27.0 Å². The largest absolute Gasteiger partial charge is 0.453 e. The lowest BCUT2D eigenvalue weighted by molar-refractivity contribution is -0.138. The summed E-state index contributed by atoms with van der Waals surface area (Å²) in [5, 5.41) is 0. The van der Waals surface area contributed by atoms with Gasteiger partial charge in [-0.05, 0) is 55.7 Å². The van der Waals surface area contributed by atoms with Crippen molar-refractivity contribution in [3.63, 3.8) is 0 Å². The molecule has 1 saturated carbocycles. The van der Waals surface area contributed by atoms with Crippen molar-refractivity contribution in [2.45, 2.75) is 63.3 Å².